The Balaban J connectivity index is 2.37. The van der Waals surface area contributed by atoms with E-state index in [0.717, 1.165) is 18.3 Å². The molecule has 0 radical (unpaired) electrons. The van der Waals surface area contributed by atoms with Crippen LogP contribution < -0.4 is 0 Å². The highest BCUT2D eigenvalue weighted by Gasteiger charge is 2.23. The molecule has 90 valence electrons. The van der Waals surface area contributed by atoms with E-state index in [-0.39, 0.29) is 5.41 Å². The molecule has 0 N–H and O–H groups in total. The van der Waals surface area contributed by atoms with Crippen molar-refractivity contribution >= 4 is 0 Å². The second kappa shape index (κ2) is 5.53. The van der Waals surface area contributed by atoms with Crippen molar-refractivity contribution < 1.29 is 0 Å². The van der Waals surface area contributed by atoms with Crippen molar-refractivity contribution in [2.45, 2.75) is 59.8 Å². The Bertz CT molecular complexity index is 293. The number of rotatable bonds is 4. The molecule has 1 heteroatoms. The molecule has 0 saturated heterocycles. The summed E-state index contributed by atoms with van der Waals surface area (Å²) in [7, 11) is 0. The first kappa shape index (κ1) is 13.3. The predicted octanol–water partition coefficient (Wildman–Crippen LogP) is 4.70. The quantitative estimate of drug-likeness (QED) is 0.629. The monoisotopic (exact) mass is 219 g/mol. The molecule has 0 aromatic rings. The Morgan fingerprint density at radius 3 is 2.75 bits per heavy atom. The second-order valence-electron chi connectivity index (χ2n) is 6.10. The summed E-state index contributed by atoms with van der Waals surface area (Å²) in [5.41, 5.74) is 1.41. The number of nitriles is 1. The Morgan fingerprint density at radius 1 is 1.56 bits per heavy atom. The van der Waals surface area contributed by atoms with Crippen molar-refractivity contribution in [1.82, 2.24) is 0 Å². The number of nitrogens with zero attached hydrogens (tertiary/aromatic N) is 1. The minimum atomic E-state index is -0.144. The number of hydrogen-bond acceptors (Lipinski definition) is 1. The Kier molecular flexibility index (Phi) is 4.59. The lowest BCUT2D eigenvalue weighted by Gasteiger charge is -2.28. The Labute approximate surface area is 101 Å². The van der Waals surface area contributed by atoms with Gasteiger partial charge in [-0.2, -0.15) is 5.26 Å². The maximum Gasteiger partial charge on any atom is 0.0683 e. The maximum atomic E-state index is 8.99. The second-order valence-corrected chi connectivity index (χ2v) is 6.10. The van der Waals surface area contributed by atoms with E-state index in [1.54, 1.807) is 5.57 Å². The van der Waals surface area contributed by atoms with Gasteiger partial charge in [-0.25, -0.2) is 0 Å². The van der Waals surface area contributed by atoms with Crippen LogP contribution in [0.4, 0.5) is 0 Å². The van der Waals surface area contributed by atoms with E-state index in [0.29, 0.717) is 0 Å². The fourth-order valence-corrected chi connectivity index (χ4v) is 2.38. The van der Waals surface area contributed by atoms with Gasteiger partial charge in [0, 0.05) is 0 Å². The van der Waals surface area contributed by atoms with Crippen molar-refractivity contribution in [2.24, 2.45) is 17.3 Å². The van der Waals surface area contributed by atoms with Crippen LogP contribution in [0.2, 0.25) is 0 Å². The zero-order chi connectivity index (χ0) is 12.2. The molecule has 0 aliphatic heterocycles. The smallest absolute Gasteiger partial charge is 0.0683 e. The zero-order valence-corrected chi connectivity index (χ0v) is 11.2. The van der Waals surface area contributed by atoms with Gasteiger partial charge in [-0.3, -0.25) is 0 Å². The molecule has 0 bridgehead atoms. The van der Waals surface area contributed by atoms with Gasteiger partial charge in [0.05, 0.1) is 11.5 Å². The molecule has 2 unspecified atom stereocenters. The van der Waals surface area contributed by atoms with Crippen LogP contribution in [0.15, 0.2) is 11.6 Å². The van der Waals surface area contributed by atoms with E-state index in [2.05, 4.69) is 26.0 Å². The highest BCUT2D eigenvalue weighted by Crippen LogP contribution is 2.33. The fourth-order valence-electron chi connectivity index (χ4n) is 2.38. The molecule has 1 aliphatic carbocycles. The van der Waals surface area contributed by atoms with E-state index >= 15 is 0 Å². The Hall–Kier alpha value is -0.770. The van der Waals surface area contributed by atoms with Crippen LogP contribution in [0.5, 0.6) is 0 Å². The largest absolute Gasteiger partial charge is 0.198 e. The number of hydrogen-bond donors (Lipinski definition) is 0. The molecule has 1 nitrogen and oxygen atoms in total. The van der Waals surface area contributed by atoms with E-state index in [9.17, 15) is 0 Å². The molecule has 0 heterocycles. The third kappa shape index (κ3) is 4.00. The standard InChI is InChI=1S/C15H25N/c1-12-5-7-14(8-6-12)13(2)9-10-15(3,4)11-16/h5,13-14H,6-10H2,1-4H3. The molecule has 0 aromatic heterocycles. The van der Waals surface area contributed by atoms with Crippen LogP contribution in [0, 0.1) is 28.6 Å². The predicted molar refractivity (Wildman–Crippen MR) is 68.9 cm³/mol. The minimum absolute atomic E-state index is 0.144. The maximum absolute atomic E-state index is 8.99. The average Bonchev–Trinajstić information content (AvgIpc) is 2.27. The zero-order valence-electron chi connectivity index (χ0n) is 11.2. The minimum Gasteiger partial charge on any atom is -0.198 e. The highest BCUT2D eigenvalue weighted by atomic mass is 14.3. The third-order valence-corrected chi connectivity index (χ3v) is 4.01. The molecule has 0 saturated carbocycles. The summed E-state index contributed by atoms with van der Waals surface area (Å²) in [5.74, 6) is 1.61. The van der Waals surface area contributed by atoms with Crippen LogP contribution >= 0.6 is 0 Å². The van der Waals surface area contributed by atoms with Crippen LogP contribution in [0.25, 0.3) is 0 Å². The van der Waals surface area contributed by atoms with E-state index < -0.39 is 0 Å². The molecule has 2 atom stereocenters. The topological polar surface area (TPSA) is 23.8 Å². The van der Waals surface area contributed by atoms with Crippen molar-refractivity contribution in [2.75, 3.05) is 0 Å². The molecule has 0 fully saturated rings. The van der Waals surface area contributed by atoms with Crippen molar-refractivity contribution in [1.29, 1.82) is 5.26 Å². The Morgan fingerprint density at radius 2 is 2.25 bits per heavy atom. The first-order valence-electron chi connectivity index (χ1n) is 6.51. The molecular weight excluding hydrogens is 194 g/mol. The summed E-state index contributed by atoms with van der Waals surface area (Å²) in [6, 6.07) is 2.39. The van der Waals surface area contributed by atoms with Crippen molar-refractivity contribution in [3.8, 4) is 6.07 Å². The van der Waals surface area contributed by atoms with Gasteiger partial charge in [0.25, 0.3) is 0 Å². The average molecular weight is 219 g/mol. The summed E-state index contributed by atoms with van der Waals surface area (Å²) >= 11 is 0. The van der Waals surface area contributed by atoms with E-state index in [4.69, 9.17) is 5.26 Å². The molecule has 16 heavy (non-hydrogen) atoms. The van der Waals surface area contributed by atoms with Crippen molar-refractivity contribution in [3.63, 3.8) is 0 Å². The van der Waals surface area contributed by atoms with Gasteiger partial charge in [0.2, 0.25) is 0 Å². The first-order chi connectivity index (χ1) is 7.44. The van der Waals surface area contributed by atoms with Crippen LogP contribution in [0.3, 0.4) is 0 Å². The molecular formula is C15H25N. The van der Waals surface area contributed by atoms with Crippen LogP contribution in [-0.2, 0) is 0 Å². The lowest BCUT2D eigenvalue weighted by molar-refractivity contribution is 0.276. The van der Waals surface area contributed by atoms with Gasteiger partial charge in [0.15, 0.2) is 0 Å². The van der Waals surface area contributed by atoms with Gasteiger partial charge in [-0.1, -0.05) is 18.6 Å². The lowest BCUT2D eigenvalue weighted by Crippen LogP contribution is -2.17. The summed E-state index contributed by atoms with van der Waals surface area (Å²) in [5, 5.41) is 8.99. The molecule has 1 aliphatic rings. The van der Waals surface area contributed by atoms with Crippen LogP contribution in [-0.4, -0.2) is 0 Å². The van der Waals surface area contributed by atoms with Gasteiger partial charge >= 0.3 is 0 Å². The van der Waals surface area contributed by atoms with Gasteiger partial charge in [-0.05, 0) is 64.7 Å². The summed E-state index contributed by atoms with van der Waals surface area (Å²) in [6.45, 7) is 8.68. The molecule has 0 aromatic carbocycles. The summed E-state index contributed by atoms with van der Waals surface area (Å²) < 4.78 is 0. The highest BCUT2D eigenvalue weighted by molar-refractivity contribution is 5.03. The molecule has 0 spiro atoms. The SMILES string of the molecule is CC1=CCC(C(C)CCC(C)(C)C#N)CC1. The van der Waals surface area contributed by atoms with Gasteiger partial charge < -0.3 is 0 Å². The van der Waals surface area contributed by atoms with E-state index in [1.165, 1.54) is 25.7 Å². The van der Waals surface area contributed by atoms with Gasteiger partial charge in [0.1, 0.15) is 0 Å². The van der Waals surface area contributed by atoms with E-state index in [1.807, 2.05) is 13.8 Å². The fraction of sp³-hybridized carbons (Fsp3) is 0.800. The summed E-state index contributed by atoms with van der Waals surface area (Å²) in [6.07, 6.45) is 8.50. The lowest BCUT2D eigenvalue weighted by atomic mass is 9.77. The van der Waals surface area contributed by atoms with Crippen LogP contribution in [0.1, 0.15) is 59.8 Å². The molecule has 0 amide bonds. The normalized spacial score (nSPS) is 23.4. The van der Waals surface area contributed by atoms with Gasteiger partial charge in [-0.15, -0.1) is 0 Å². The molecule has 1 rings (SSSR count). The van der Waals surface area contributed by atoms with Crippen molar-refractivity contribution in [3.05, 3.63) is 11.6 Å². The third-order valence-electron chi connectivity index (χ3n) is 4.01. The summed E-state index contributed by atoms with van der Waals surface area (Å²) in [4.78, 5) is 0. The first-order valence-corrected chi connectivity index (χ1v) is 6.51. The number of allylic oxidation sites excluding steroid dienone is 2.